The third-order valence-corrected chi connectivity index (χ3v) is 8.78. The molecular formula is C31H36ClIN6O2. The van der Waals surface area contributed by atoms with Crippen molar-refractivity contribution in [3.63, 3.8) is 0 Å². The van der Waals surface area contributed by atoms with Gasteiger partial charge in [-0.15, -0.1) is 0 Å². The van der Waals surface area contributed by atoms with Crippen LogP contribution in [0.4, 0.5) is 0 Å². The van der Waals surface area contributed by atoms with Crippen molar-refractivity contribution in [3.05, 3.63) is 104 Å². The minimum absolute atomic E-state index is 0.0345. The van der Waals surface area contributed by atoms with Gasteiger partial charge in [0.25, 0.3) is 5.91 Å². The van der Waals surface area contributed by atoms with E-state index in [4.69, 9.17) is 23.1 Å². The van der Waals surface area contributed by atoms with Crippen LogP contribution in [-0.4, -0.2) is 60.9 Å². The van der Waals surface area contributed by atoms with Gasteiger partial charge < -0.3 is 27.0 Å². The van der Waals surface area contributed by atoms with Gasteiger partial charge in [-0.3, -0.25) is 14.6 Å². The van der Waals surface area contributed by atoms with Crippen LogP contribution in [0.5, 0.6) is 0 Å². The summed E-state index contributed by atoms with van der Waals surface area (Å²) < 4.78 is 0.818. The van der Waals surface area contributed by atoms with Gasteiger partial charge in [0.15, 0.2) is 5.96 Å². The summed E-state index contributed by atoms with van der Waals surface area (Å²) in [6.07, 6.45) is 1.93. The number of halogens is 2. The molecule has 0 spiro atoms. The summed E-state index contributed by atoms with van der Waals surface area (Å²) in [6, 6.07) is 25.3. The average Bonchev–Trinajstić information content (AvgIpc) is 3.13. The van der Waals surface area contributed by atoms with Crippen LogP contribution >= 0.6 is 34.2 Å². The van der Waals surface area contributed by atoms with E-state index in [0.717, 1.165) is 14.7 Å². The van der Waals surface area contributed by atoms with Gasteiger partial charge in [0.1, 0.15) is 0 Å². The molecule has 1 saturated heterocycles. The van der Waals surface area contributed by atoms with Crippen LogP contribution in [-0.2, 0) is 4.79 Å². The molecule has 3 aromatic carbocycles. The Morgan fingerprint density at radius 2 is 1.73 bits per heavy atom. The summed E-state index contributed by atoms with van der Waals surface area (Å²) in [7, 11) is 0. The Morgan fingerprint density at radius 1 is 1.07 bits per heavy atom. The zero-order chi connectivity index (χ0) is 29.2. The Morgan fingerprint density at radius 3 is 2.34 bits per heavy atom. The van der Waals surface area contributed by atoms with Crippen LogP contribution in [0.3, 0.4) is 0 Å². The number of guanidine groups is 1. The van der Waals surface area contributed by atoms with Gasteiger partial charge in [-0.2, -0.15) is 0 Å². The second-order valence-corrected chi connectivity index (χ2v) is 11.7. The first kappa shape index (κ1) is 30.8. The fourth-order valence-corrected chi connectivity index (χ4v) is 5.72. The molecule has 0 radical (unpaired) electrons. The number of nitrogens with zero attached hydrogens (tertiary/aromatic N) is 2. The first-order valence-electron chi connectivity index (χ1n) is 13.7. The molecule has 0 saturated carbocycles. The van der Waals surface area contributed by atoms with Gasteiger partial charge >= 0.3 is 0 Å². The lowest BCUT2D eigenvalue weighted by molar-refractivity contribution is -0.133. The van der Waals surface area contributed by atoms with Crippen molar-refractivity contribution in [3.8, 4) is 0 Å². The highest BCUT2D eigenvalue weighted by atomic mass is 127. The average molecular weight is 687 g/mol. The lowest BCUT2D eigenvalue weighted by atomic mass is 9.90. The topological polar surface area (TPSA) is 126 Å². The van der Waals surface area contributed by atoms with Crippen LogP contribution in [0.15, 0.2) is 83.9 Å². The van der Waals surface area contributed by atoms with Crippen LogP contribution in [0, 0.1) is 3.57 Å². The molecule has 1 heterocycles. The van der Waals surface area contributed by atoms with E-state index in [1.165, 1.54) is 0 Å². The minimum Gasteiger partial charge on any atom is -0.370 e. The molecule has 216 valence electrons. The van der Waals surface area contributed by atoms with Gasteiger partial charge in [0, 0.05) is 47.3 Å². The standard InChI is InChI=1S/C31H36ClIN6O2/c32-26-14-13-23(18-27(26)33)29(40)37-19-24-15-17-39(30(41)28(38-24)12-7-16-36-31(34)35)20-25(21-8-3-1-4-9-21)22-10-5-2-6-11-22/h1-6,8-11,13-14,18,24-25,28,38H,7,12,15-17,19-20H2,(H,37,40)(H4,34,35,36)/t24-,28-/m0/s1. The zero-order valence-corrected chi connectivity index (χ0v) is 25.7. The number of aliphatic imine (C=N–C) groups is 1. The molecule has 4 rings (SSSR count). The quantitative estimate of drug-likeness (QED) is 0.105. The predicted octanol–water partition coefficient (Wildman–Crippen LogP) is 4.12. The van der Waals surface area contributed by atoms with E-state index in [1.807, 2.05) is 41.3 Å². The molecule has 41 heavy (non-hydrogen) atoms. The number of carbonyl (C=O) groups excluding carboxylic acids is 2. The Labute approximate surface area is 260 Å². The van der Waals surface area contributed by atoms with Crippen LogP contribution in [0.1, 0.15) is 46.7 Å². The van der Waals surface area contributed by atoms with Crippen molar-refractivity contribution in [2.24, 2.45) is 16.5 Å². The molecule has 8 nitrogen and oxygen atoms in total. The lowest BCUT2D eigenvalue weighted by Gasteiger charge is -2.29. The summed E-state index contributed by atoms with van der Waals surface area (Å²) in [4.78, 5) is 32.9. The summed E-state index contributed by atoms with van der Waals surface area (Å²) in [6.45, 7) is 1.97. The second kappa shape index (κ2) is 15.2. The zero-order valence-electron chi connectivity index (χ0n) is 22.8. The van der Waals surface area contributed by atoms with Gasteiger partial charge in [-0.05, 0) is 71.2 Å². The van der Waals surface area contributed by atoms with E-state index in [2.05, 4.69) is 62.5 Å². The van der Waals surface area contributed by atoms with Crippen LogP contribution in [0.2, 0.25) is 5.02 Å². The molecule has 0 aromatic heterocycles. The Hall–Kier alpha value is -3.15. The molecule has 10 heteroatoms. The highest BCUT2D eigenvalue weighted by molar-refractivity contribution is 14.1. The van der Waals surface area contributed by atoms with Crippen LogP contribution in [0.25, 0.3) is 0 Å². The number of nitrogens with two attached hydrogens (primary N) is 2. The Kier molecular flexibility index (Phi) is 11.4. The normalized spacial score (nSPS) is 17.2. The van der Waals surface area contributed by atoms with E-state index in [9.17, 15) is 9.59 Å². The van der Waals surface area contributed by atoms with E-state index in [0.29, 0.717) is 56.0 Å². The molecule has 3 aromatic rings. The summed E-state index contributed by atoms with van der Waals surface area (Å²) in [5.41, 5.74) is 13.9. The minimum atomic E-state index is -0.419. The first-order chi connectivity index (χ1) is 19.8. The summed E-state index contributed by atoms with van der Waals surface area (Å²) in [5.74, 6) is -0.0518. The summed E-state index contributed by atoms with van der Waals surface area (Å²) in [5, 5.41) is 7.17. The number of rotatable bonds is 11. The molecule has 0 bridgehead atoms. The van der Waals surface area contributed by atoms with E-state index in [1.54, 1.807) is 18.2 Å². The fourth-order valence-electron chi connectivity index (χ4n) is 5.08. The first-order valence-corrected chi connectivity index (χ1v) is 15.2. The predicted molar refractivity (Wildman–Crippen MR) is 173 cm³/mol. The number of nitrogens with one attached hydrogen (secondary N) is 2. The number of carbonyl (C=O) groups is 2. The molecular weight excluding hydrogens is 651 g/mol. The smallest absolute Gasteiger partial charge is 0.251 e. The molecule has 0 aliphatic carbocycles. The maximum Gasteiger partial charge on any atom is 0.251 e. The van der Waals surface area contributed by atoms with E-state index >= 15 is 0 Å². The highest BCUT2D eigenvalue weighted by Crippen LogP contribution is 2.27. The highest BCUT2D eigenvalue weighted by Gasteiger charge is 2.32. The largest absolute Gasteiger partial charge is 0.370 e. The Balaban J connectivity index is 1.50. The number of amides is 2. The fraction of sp³-hybridized carbons (Fsp3) is 0.323. The number of hydrogen-bond donors (Lipinski definition) is 4. The third kappa shape index (κ3) is 8.92. The molecule has 6 N–H and O–H groups in total. The van der Waals surface area contributed by atoms with E-state index in [-0.39, 0.29) is 29.7 Å². The van der Waals surface area contributed by atoms with Crippen molar-refractivity contribution in [2.75, 3.05) is 26.2 Å². The maximum absolute atomic E-state index is 13.9. The SMILES string of the molecule is NC(N)=NCCC[C@@H]1N[C@H](CNC(=O)c2ccc(Cl)c(I)c2)CCN(CC(c2ccccc2)c2ccccc2)C1=O. The number of benzene rings is 3. The van der Waals surface area contributed by atoms with Gasteiger partial charge in [-0.1, -0.05) is 72.3 Å². The molecule has 2 atom stereocenters. The van der Waals surface area contributed by atoms with Crippen LogP contribution < -0.4 is 22.1 Å². The van der Waals surface area contributed by atoms with Gasteiger partial charge in [-0.25, -0.2) is 0 Å². The Bertz CT molecular complexity index is 1300. The molecule has 0 unspecified atom stereocenters. The number of hydrogen-bond acceptors (Lipinski definition) is 4. The van der Waals surface area contributed by atoms with Gasteiger partial charge in [0.05, 0.1) is 11.1 Å². The second-order valence-electron chi connectivity index (χ2n) is 10.2. The lowest BCUT2D eigenvalue weighted by Crippen LogP contribution is -2.49. The van der Waals surface area contributed by atoms with Crippen molar-refractivity contribution in [1.29, 1.82) is 0 Å². The third-order valence-electron chi connectivity index (χ3n) is 7.24. The molecule has 1 aliphatic heterocycles. The van der Waals surface area contributed by atoms with Crippen molar-refractivity contribution in [2.45, 2.75) is 37.3 Å². The molecule has 2 amide bonds. The van der Waals surface area contributed by atoms with Crippen molar-refractivity contribution in [1.82, 2.24) is 15.5 Å². The van der Waals surface area contributed by atoms with Crippen molar-refractivity contribution >= 4 is 52.0 Å². The monoisotopic (exact) mass is 686 g/mol. The van der Waals surface area contributed by atoms with E-state index < -0.39 is 6.04 Å². The van der Waals surface area contributed by atoms with Crippen molar-refractivity contribution < 1.29 is 9.59 Å². The summed E-state index contributed by atoms with van der Waals surface area (Å²) >= 11 is 8.23. The maximum atomic E-state index is 13.9. The molecule has 1 fully saturated rings. The molecule has 1 aliphatic rings. The van der Waals surface area contributed by atoms with Gasteiger partial charge in [0.2, 0.25) is 5.91 Å².